The van der Waals surface area contributed by atoms with Gasteiger partial charge in [0.1, 0.15) is 5.75 Å². The van der Waals surface area contributed by atoms with Crippen molar-refractivity contribution in [3.63, 3.8) is 0 Å². The molecule has 0 fully saturated rings. The molecule has 1 aliphatic heterocycles. The molecular formula is C22H20N2O3S. The van der Waals surface area contributed by atoms with Gasteiger partial charge in [-0.05, 0) is 42.2 Å². The van der Waals surface area contributed by atoms with Crippen LogP contribution in [0.2, 0.25) is 0 Å². The van der Waals surface area contributed by atoms with Gasteiger partial charge in [-0.1, -0.05) is 30.3 Å². The summed E-state index contributed by atoms with van der Waals surface area (Å²) in [7, 11) is 0. The van der Waals surface area contributed by atoms with Crippen LogP contribution < -0.4 is 9.64 Å². The van der Waals surface area contributed by atoms with Crippen molar-refractivity contribution < 1.29 is 14.3 Å². The maximum Gasteiger partial charge on any atom is 0.372 e. The zero-order valence-electron chi connectivity index (χ0n) is 15.3. The van der Waals surface area contributed by atoms with Gasteiger partial charge < -0.3 is 9.64 Å². The van der Waals surface area contributed by atoms with Crippen LogP contribution in [0.4, 0.5) is 5.69 Å². The number of thiazole rings is 1. The number of nitrogens with zero attached hydrogens (tertiary/aromatic N) is 2. The second-order valence-corrected chi connectivity index (χ2v) is 7.63. The lowest BCUT2D eigenvalue weighted by Crippen LogP contribution is -2.34. The number of hydrogen-bond donors (Lipinski definition) is 0. The topological polar surface area (TPSA) is 59.5 Å². The zero-order valence-corrected chi connectivity index (χ0v) is 16.2. The molecule has 28 heavy (non-hydrogen) atoms. The van der Waals surface area contributed by atoms with Crippen LogP contribution in [0.3, 0.4) is 0 Å². The molecule has 6 heteroatoms. The summed E-state index contributed by atoms with van der Waals surface area (Å²) >= 11 is 1.24. The van der Waals surface area contributed by atoms with Crippen molar-refractivity contribution >= 4 is 28.8 Å². The summed E-state index contributed by atoms with van der Waals surface area (Å²) in [6, 6.07) is 15.4. The van der Waals surface area contributed by atoms with Crippen LogP contribution >= 0.6 is 11.3 Å². The molecule has 0 N–H and O–H groups in total. The molecule has 0 atom stereocenters. The van der Waals surface area contributed by atoms with E-state index in [0.717, 1.165) is 24.9 Å². The fraction of sp³-hybridized carbons (Fsp3) is 0.227. The van der Waals surface area contributed by atoms with E-state index in [-0.39, 0.29) is 5.78 Å². The molecule has 0 saturated heterocycles. The van der Waals surface area contributed by atoms with Crippen molar-refractivity contribution in [2.24, 2.45) is 0 Å². The van der Waals surface area contributed by atoms with Crippen molar-refractivity contribution in [1.29, 1.82) is 0 Å². The van der Waals surface area contributed by atoms with Crippen molar-refractivity contribution in [1.82, 2.24) is 4.98 Å². The Kier molecular flexibility index (Phi) is 5.48. The van der Waals surface area contributed by atoms with E-state index >= 15 is 0 Å². The SMILES string of the molecule is O=C(Cc1ccc(OC(=O)c2nccs2)cc1)CN1CCCc2ccccc21. The minimum atomic E-state index is -0.470. The molecule has 142 valence electrons. The molecule has 4 rings (SSSR count). The number of anilines is 1. The number of carbonyl (C=O) groups is 2. The fourth-order valence-electron chi connectivity index (χ4n) is 3.42. The van der Waals surface area contributed by atoms with Crippen molar-refractivity contribution in [3.8, 4) is 5.75 Å². The summed E-state index contributed by atoms with van der Waals surface area (Å²) in [5.41, 5.74) is 3.39. The number of esters is 1. The number of carbonyl (C=O) groups excluding carboxylic acids is 2. The molecule has 0 radical (unpaired) electrons. The highest BCUT2D eigenvalue weighted by atomic mass is 32.1. The Balaban J connectivity index is 1.34. The summed E-state index contributed by atoms with van der Waals surface area (Å²) in [5, 5.41) is 2.05. The van der Waals surface area contributed by atoms with Crippen LogP contribution in [0.5, 0.6) is 5.75 Å². The third-order valence-corrected chi connectivity index (χ3v) is 5.47. The van der Waals surface area contributed by atoms with Gasteiger partial charge in [0.05, 0.1) is 6.54 Å². The Morgan fingerprint density at radius 2 is 1.93 bits per heavy atom. The molecule has 0 bridgehead atoms. The monoisotopic (exact) mass is 392 g/mol. The number of rotatable bonds is 6. The predicted octanol–water partition coefficient (Wildman–Crippen LogP) is 3.93. The van der Waals surface area contributed by atoms with Crippen LogP contribution in [-0.4, -0.2) is 29.8 Å². The Morgan fingerprint density at radius 3 is 2.71 bits per heavy atom. The molecule has 2 heterocycles. The Morgan fingerprint density at radius 1 is 1.11 bits per heavy atom. The zero-order chi connectivity index (χ0) is 19.3. The second kappa shape index (κ2) is 8.35. The van der Waals surface area contributed by atoms with E-state index in [1.54, 1.807) is 23.7 Å². The first kappa shape index (κ1) is 18.4. The van der Waals surface area contributed by atoms with Gasteiger partial charge in [0.2, 0.25) is 5.01 Å². The van der Waals surface area contributed by atoms with Crippen LogP contribution in [0.15, 0.2) is 60.1 Å². The van der Waals surface area contributed by atoms with Crippen LogP contribution in [-0.2, 0) is 17.6 Å². The van der Waals surface area contributed by atoms with Crippen LogP contribution in [0.1, 0.15) is 27.3 Å². The molecule has 5 nitrogen and oxygen atoms in total. The Labute approximate surface area is 167 Å². The van der Waals surface area contributed by atoms with Crippen LogP contribution in [0, 0.1) is 0 Å². The maximum atomic E-state index is 12.6. The summed E-state index contributed by atoms with van der Waals surface area (Å²) in [4.78, 5) is 30.6. The van der Waals surface area contributed by atoms with Gasteiger partial charge in [-0.25, -0.2) is 9.78 Å². The first-order valence-electron chi connectivity index (χ1n) is 9.24. The number of aromatic nitrogens is 1. The van der Waals surface area contributed by atoms with Gasteiger partial charge >= 0.3 is 5.97 Å². The number of fused-ring (bicyclic) bond motifs is 1. The molecule has 0 unspecified atom stereocenters. The summed E-state index contributed by atoms with van der Waals surface area (Å²) in [6.07, 6.45) is 4.07. The molecule has 3 aromatic rings. The van der Waals surface area contributed by atoms with E-state index in [4.69, 9.17) is 4.74 Å². The Bertz CT molecular complexity index is 968. The molecule has 2 aromatic carbocycles. The molecule has 1 aromatic heterocycles. The maximum absolute atomic E-state index is 12.6. The van der Waals surface area contributed by atoms with Crippen LogP contribution in [0.25, 0.3) is 0 Å². The van der Waals surface area contributed by atoms with E-state index in [1.807, 2.05) is 24.3 Å². The van der Waals surface area contributed by atoms with Gasteiger partial charge in [0, 0.05) is 30.2 Å². The number of para-hydroxylation sites is 1. The Hall–Kier alpha value is -2.99. The highest BCUT2D eigenvalue weighted by Gasteiger charge is 2.19. The first-order chi connectivity index (χ1) is 13.7. The smallest absolute Gasteiger partial charge is 0.372 e. The average molecular weight is 392 g/mol. The van der Waals surface area contributed by atoms with E-state index in [2.05, 4.69) is 22.0 Å². The molecule has 0 amide bonds. The number of benzene rings is 2. The summed E-state index contributed by atoms with van der Waals surface area (Å²) in [5.74, 6) is 0.146. The van der Waals surface area contributed by atoms with Crippen molar-refractivity contribution in [3.05, 3.63) is 76.2 Å². The van der Waals surface area contributed by atoms with E-state index in [1.165, 1.54) is 22.6 Å². The highest BCUT2D eigenvalue weighted by molar-refractivity contribution is 7.11. The molecular weight excluding hydrogens is 372 g/mol. The van der Waals surface area contributed by atoms with E-state index in [0.29, 0.717) is 23.7 Å². The summed E-state index contributed by atoms with van der Waals surface area (Å²) < 4.78 is 5.30. The van der Waals surface area contributed by atoms with E-state index < -0.39 is 5.97 Å². The quantitative estimate of drug-likeness (QED) is 0.470. The molecule has 0 saturated carbocycles. The lowest BCUT2D eigenvalue weighted by atomic mass is 10.0. The number of Topliss-reactive ketones (excluding diaryl/α,β-unsaturated/α-hetero) is 1. The van der Waals surface area contributed by atoms with Gasteiger partial charge in [0.15, 0.2) is 5.78 Å². The lowest BCUT2D eigenvalue weighted by molar-refractivity contribution is -0.117. The minimum absolute atomic E-state index is 0.171. The fourth-order valence-corrected chi connectivity index (χ4v) is 3.93. The number of ether oxygens (including phenoxy) is 1. The normalized spacial score (nSPS) is 13.1. The standard InChI is InChI=1S/C22H20N2O3S/c25-18(15-24-12-3-5-17-4-1-2-6-20(17)24)14-16-7-9-19(10-8-16)27-22(26)21-23-11-13-28-21/h1-2,4,6-11,13H,3,5,12,14-15H2. The molecule has 1 aliphatic rings. The number of hydrogen-bond acceptors (Lipinski definition) is 6. The van der Waals surface area contributed by atoms with E-state index in [9.17, 15) is 9.59 Å². The first-order valence-corrected chi connectivity index (χ1v) is 10.1. The second-order valence-electron chi connectivity index (χ2n) is 6.74. The van der Waals surface area contributed by atoms with Crippen molar-refractivity contribution in [2.75, 3.05) is 18.0 Å². The van der Waals surface area contributed by atoms with Gasteiger partial charge in [-0.3, -0.25) is 4.79 Å². The number of aryl methyl sites for hydroxylation is 1. The summed E-state index contributed by atoms with van der Waals surface area (Å²) in [6.45, 7) is 1.33. The average Bonchev–Trinajstić information content (AvgIpc) is 3.25. The third-order valence-electron chi connectivity index (χ3n) is 4.72. The largest absolute Gasteiger partial charge is 0.421 e. The van der Waals surface area contributed by atoms with Gasteiger partial charge in [0.25, 0.3) is 0 Å². The number of ketones is 1. The molecule has 0 spiro atoms. The third kappa shape index (κ3) is 4.28. The highest BCUT2D eigenvalue weighted by Crippen LogP contribution is 2.26. The van der Waals surface area contributed by atoms with Crippen molar-refractivity contribution in [2.45, 2.75) is 19.3 Å². The lowest BCUT2D eigenvalue weighted by Gasteiger charge is -2.30. The molecule has 0 aliphatic carbocycles. The van der Waals surface area contributed by atoms with Gasteiger partial charge in [-0.15, -0.1) is 11.3 Å². The predicted molar refractivity (Wildman–Crippen MR) is 109 cm³/mol. The van der Waals surface area contributed by atoms with Gasteiger partial charge in [-0.2, -0.15) is 0 Å². The minimum Gasteiger partial charge on any atom is -0.421 e.